The summed E-state index contributed by atoms with van der Waals surface area (Å²) in [6.45, 7) is -0.148. The van der Waals surface area contributed by atoms with Crippen molar-refractivity contribution in [1.82, 2.24) is 9.88 Å². The van der Waals surface area contributed by atoms with E-state index in [1.807, 2.05) is 6.07 Å². The van der Waals surface area contributed by atoms with Gasteiger partial charge in [-0.1, -0.05) is 35.3 Å². The Morgan fingerprint density at radius 2 is 1.91 bits per heavy atom. The van der Waals surface area contributed by atoms with Gasteiger partial charge in [0, 0.05) is 11.5 Å². The third kappa shape index (κ3) is 4.67. The number of anilines is 1. The van der Waals surface area contributed by atoms with Gasteiger partial charge in [-0.25, -0.2) is 4.98 Å². The lowest BCUT2D eigenvalue weighted by atomic mass is 10.3. The fourth-order valence-electron chi connectivity index (χ4n) is 1.79. The molecule has 1 heterocycles. The average Bonchev–Trinajstić information content (AvgIpc) is 2.51. The predicted octanol–water partition coefficient (Wildman–Crippen LogP) is 3.86. The van der Waals surface area contributed by atoms with Crippen molar-refractivity contribution >= 4 is 56.6 Å². The Balaban J connectivity index is 2.05. The minimum atomic E-state index is -0.486. The molecular weight excluding hydrogens is 405 g/mol. The zero-order valence-corrected chi connectivity index (χ0v) is 15.1. The monoisotopic (exact) mass is 415 g/mol. The first-order valence-electron chi connectivity index (χ1n) is 6.50. The molecular formula is C15H12BrCl2N3O2. The lowest BCUT2D eigenvalue weighted by molar-refractivity contribution is -0.116. The summed E-state index contributed by atoms with van der Waals surface area (Å²) < 4.78 is 0.752. The molecule has 0 bridgehead atoms. The third-order valence-electron chi connectivity index (χ3n) is 2.89. The van der Waals surface area contributed by atoms with Gasteiger partial charge in [-0.2, -0.15) is 0 Å². The highest BCUT2D eigenvalue weighted by Gasteiger charge is 2.19. The number of hydrogen-bond acceptors (Lipinski definition) is 3. The van der Waals surface area contributed by atoms with Crippen molar-refractivity contribution in [3.63, 3.8) is 0 Å². The fourth-order valence-corrected chi connectivity index (χ4v) is 2.51. The number of para-hydroxylation sites is 1. The van der Waals surface area contributed by atoms with Gasteiger partial charge in [-0.3, -0.25) is 9.59 Å². The third-order valence-corrected chi connectivity index (χ3v) is 4.10. The van der Waals surface area contributed by atoms with Crippen LogP contribution in [0.3, 0.4) is 0 Å². The van der Waals surface area contributed by atoms with Crippen LogP contribution in [0.4, 0.5) is 5.69 Å². The molecule has 0 fully saturated rings. The summed E-state index contributed by atoms with van der Waals surface area (Å²) >= 11 is 15.1. The first-order chi connectivity index (χ1) is 10.9. The SMILES string of the molecule is CN(CC(=O)Nc1ccccc1Br)C(=O)c1nc(Cl)ccc1Cl. The Hall–Kier alpha value is -1.63. The van der Waals surface area contributed by atoms with Crippen LogP contribution < -0.4 is 5.32 Å². The number of pyridine rings is 1. The van der Waals surface area contributed by atoms with Gasteiger partial charge < -0.3 is 10.2 Å². The average molecular weight is 417 g/mol. The molecule has 8 heteroatoms. The Bertz CT molecular complexity index is 755. The topological polar surface area (TPSA) is 62.3 Å². The van der Waals surface area contributed by atoms with Crippen molar-refractivity contribution in [1.29, 1.82) is 0 Å². The summed E-state index contributed by atoms with van der Waals surface area (Å²) in [5.74, 6) is -0.828. The van der Waals surface area contributed by atoms with E-state index in [1.54, 1.807) is 18.2 Å². The molecule has 0 radical (unpaired) electrons. The number of likely N-dealkylation sites (N-methyl/N-ethyl adjacent to an activating group) is 1. The molecule has 0 saturated heterocycles. The van der Waals surface area contributed by atoms with E-state index in [-0.39, 0.29) is 28.3 Å². The number of carbonyl (C=O) groups excluding carboxylic acids is 2. The second-order valence-corrected chi connectivity index (χ2v) is 6.30. The molecule has 23 heavy (non-hydrogen) atoms. The van der Waals surface area contributed by atoms with Crippen molar-refractivity contribution < 1.29 is 9.59 Å². The van der Waals surface area contributed by atoms with Gasteiger partial charge in [0.25, 0.3) is 5.91 Å². The molecule has 2 aromatic rings. The zero-order valence-electron chi connectivity index (χ0n) is 12.0. The van der Waals surface area contributed by atoms with Gasteiger partial charge >= 0.3 is 0 Å². The number of aromatic nitrogens is 1. The second-order valence-electron chi connectivity index (χ2n) is 4.65. The van der Waals surface area contributed by atoms with E-state index in [4.69, 9.17) is 23.2 Å². The van der Waals surface area contributed by atoms with Crippen LogP contribution in [0.1, 0.15) is 10.5 Å². The summed E-state index contributed by atoms with van der Waals surface area (Å²) in [7, 11) is 1.49. The maximum Gasteiger partial charge on any atom is 0.274 e. The molecule has 120 valence electrons. The molecule has 0 spiro atoms. The standard InChI is InChI=1S/C15H12BrCl2N3O2/c1-21(15(23)14-10(17)6-7-12(18)20-14)8-13(22)19-11-5-3-2-4-9(11)16/h2-7H,8H2,1H3,(H,19,22). The Morgan fingerprint density at radius 3 is 2.61 bits per heavy atom. The molecule has 0 unspecified atom stereocenters. The van der Waals surface area contributed by atoms with E-state index in [1.165, 1.54) is 24.1 Å². The molecule has 0 saturated carbocycles. The molecule has 2 rings (SSSR count). The Labute approximate surface area is 151 Å². The molecule has 5 nitrogen and oxygen atoms in total. The number of carbonyl (C=O) groups is 2. The van der Waals surface area contributed by atoms with Crippen molar-refractivity contribution in [3.05, 3.63) is 56.7 Å². The van der Waals surface area contributed by atoms with E-state index in [2.05, 4.69) is 26.2 Å². The lowest BCUT2D eigenvalue weighted by Crippen LogP contribution is -2.35. The van der Waals surface area contributed by atoms with Gasteiger partial charge in [0.15, 0.2) is 0 Å². The number of hydrogen-bond donors (Lipinski definition) is 1. The van der Waals surface area contributed by atoms with Crippen LogP contribution >= 0.6 is 39.1 Å². The molecule has 0 atom stereocenters. The first-order valence-corrected chi connectivity index (χ1v) is 8.05. The van der Waals surface area contributed by atoms with E-state index >= 15 is 0 Å². The zero-order chi connectivity index (χ0) is 17.0. The normalized spacial score (nSPS) is 10.3. The van der Waals surface area contributed by atoms with E-state index in [0.717, 1.165) is 4.47 Å². The van der Waals surface area contributed by atoms with Crippen molar-refractivity contribution in [2.45, 2.75) is 0 Å². The lowest BCUT2D eigenvalue weighted by Gasteiger charge is -2.17. The van der Waals surface area contributed by atoms with E-state index in [0.29, 0.717) is 5.69 Å². The number of nitrogens with one attached hydrogen (secondary N) is 1. The van der Waals surface area contributed by atoms with Crippen LogP contribution in [0.15, 0.2) is 40.9 Å². The van der Waals surface area contributed by atoms with Crippen LogP contribution in [0, 0.1) is 0 Å². The minimum absolute atomic E-state index is 0.00959. The van der Waals surface area contributed by atoms with Crippen LogP contribution in [0.2, 0.25) is 10.2 Å². The largest absolute Gasteiger partial charge is 0.331 e. The second kappa shape index (κ2) is 7.77. The molecule has 0 aliphatic carbocycles. The van der Waals surface area contributed by atoms with Crippen LogP contribution in [0.25, 0.3) is 0 Å². The van der Waals surface area contributed by atoms with Crippen molar-refractivity contribution in [2.24, 2.45) is 0 Å². The van der Waals surface area contributed by atoms with E-state index in [9.17, 15) is 9.59 Å². The van der Waals surface area contributed by atoms with Crippen molar-refractivity contribution in [3.8, 4) is 0 Å². The summed E-state index contributed by atoms with van der Waals surface area (Å²) in [5.41, 5.74) is 0.632. The molecule has 1 aromatic carbocycles. The summed E-state index contributed by atoms with van der Waals surface area (Å²) in [6, 6.07) is 10.2. The summed E-state index contributed by atoms with van der Waals surface area (Å²) in [5, 5.41) is 3.05. The Morgan fingerprint density at radius 1 is 1.22 bits per heavy atom. The van der Waals surface area contributed by atoms with Crippen molar-refractivity contribution in [2.75, 3.05) is 18.9 Å². The molecule has 1 aromatic heterocycles. The number of halogens is 3. The molecule has 1 N–H and O–H groups in total. The Kier molecular flexibility index (Phi) is 5.98. The van der Waals surface area contributed by atoms with Crippen LogP contribution in [-0.2, 0) is 4.79 Å². The maximum atomic E-state index is 12.3. The highest BCUT2D eigenvalue weighted by atomic mass is 79.9. The van der Waals surface area contributed by atoms with Gasteiger partial charge in [0.05, 0.1) is 17.3 Å². The number of benzene rings is 1. The highest BCUT2D eigenvalue weighted by Crippen LogP contribution is 2.21. The number of amides is 2. The number of nitrogens with zero attached hydrogens (tertiary/aromatic N) is 2. The highest BCUT2D eigenvalue weighted by molar-refractivity contribution is 9.10. The first kappa shape index (κ1) is 17.7. The molecule has 2 amide bonds. The fraction of sp³-hybridized carbons (Fsp3) is 0.133. The quantitative estimate of drug-likeness (QED) is 0.769. The van der Waals surface area contributed by atoms with Gasteiger partial charge in [0.2, 0.25) is 5.91 Å². The predicted molar refractivity (Wildman–Crippen MR) is 94.0 cm³/mol. The van der Waals surface area contributed by atoms with Gasteiger partial charge in [-0.15, -0.1) is 0 Å². The maximum absolute atomic E-state index is 12.3. The molecule has 0 aliphatic heterocycles. The van der Waals surface area contributed by atoms with Crippen LogP contribution in [-0.4, -0.2) is 35.3 Å². The van der Waals surface area contributed by atoms with Crippen LogP contribution in [0.5, 0.6) is 0 Å². The van der Waals surface area contributed by atoms with Gasteiger partial charge in [0.1, 0.15) is 10.8 Å². The smallest absolute Gasteiger partial charge is 0.274 e. The number of rotatable bonds is 4. The molecule has 0 aliphatic rings. The summed E-state index contributed by atoms with van der Waals surface area (Å²) in [4.78, 5) is 29.5. The summed E-state index contributed by atoms with van der Waals surface area (Å²) in [6.07, 6.45) is 0. The minimum Gasteiger partial charge on any atom is -0.331 e. The van der Waals surface area contributed by atoms with E-state index < -0.39 is 5.91 Å². The van der Waals surface area contributed by atoms with Gasteiger partial charge in [-0.05, 0) is 40.2 Å².